The Morgan fingerprint density at radius 2 is 1.13 bits per heavy atom. The van der Waals surface area contributed by atoms with E-state index in [1.54, 1.807) is 0 Å². The predicted molar refractivity (Wildman–Crippen MR) is 117 cm³/mol. The molecule has 0 aromatic heterocycles. The second-order valence-corrected chi connectivity index (χ2v) is 6.91. The van der Waals surface area contributed by atoms with Crippen LogP contribution in [0, 0.1) is 0 Å². The molecule has 2 amide bonds. The number of rotatable bonds is 9. The van der Waals surface area contributed by atoms with Crippen molar-refractivity contribution in [3.63, 3.8) is 0 Å². The minimum Gasteiger partial charge on any atom is -0.451 e. The molecule has 0 fully saturated rings. The van der Waals surface area contributed by atoms with Crippen LogP contribution in [0.25, 0.3) is 0 Å². The van der Waals surface area contributed by atoms with Gasteiger partial charge in [0.05, 0.1) is 13.0 Å². The highest BCUT2D eigenvalue weighted by atomic mass is 16.5. The van der Waals surface area contributed by atoms with Gasteiger partial charge in [0.15, 0.2) is 6.10 Å². The first kappa shape index (κ1) is 21.8. The van der Waals surface area contributed by atoms with Gasteiger partial charge >= 0.3 is 5.97 Å². The number of benzene rings is 3. The molecule has 0 heterocycles. The molecule has 3 aromatic rings. The Morgan fingerprint density at radius 3 is 1.68 bits per heavy atom. The average Bonchev–Trinajstić information content (AvgIpc) is 2.81. The molecule has 158 valence electrons. The number of hydrogen-bond acceptors (Lipinski definition) is 4. The highest BCUT2D eigenvalue weighted by Crippen LogP contribution is 2.25. The van der Waals surface area contributed by atoms with E-state index >= 15 is 0 Å². The fraction of sp³-hybridized carbons (Fsp3) is 0.160. The molecule has 0 aliphatic rings. The van der Waals surface area contributed by atoms with Gasteiger partial charge in [-0.2, -0.15) is 0 Å². The molecular formula is C25H24N2O4. The molecule has 6 nitrogen and oxygen atoms in total. The summed E-state index contributed by atoms with van der Waals surface area (Å²) in [4.78, 5) is 36.3. The van der Waals surface area contributed by atoms with Gasteiger partial charge in [-0.15, -0.1) is 0 Å². The lowest BCUT2D eigenvalue weighted by atomic mass is 10.0. The monoisotopic (exact) mass is 416 g/mol. The molecule has 3 rings (SSSR count). The van der Waals surface area contributed by atoms with Crippen LogP contribution in [0.4, 0.5) is 0 Å². The first-order valence-corrected chi connectivity index (χ1v) is 9.98. The minimum absolute atomic E-state index is 0.187. The summed E-state index contributed by atoms with van der Waals surface area (Å²) < 4.78 is 5.64. The molecule has 0 bridgehead atoms. The Morgan fingerprint density at radius 1 is 0.645 bits per heavy atom. The Bertz CT molecular complexity index is 952. The van der Waals surface area contributed by atoms with Crippen LogP contribution in [-0.4, -0.2) is 30.9 Å². The summed E-state index contributed by atoms with van der Waals surface area (Å²) in [5, 5.41) is 5.03. The zero-order valence-corrected chi connectivity index (χ0v) is 17.0. The summed E-state index contributed by atoms with van der Waals surface area (Å²) in [5.74, 6) is -1.30. The van der Waals surface area contributed by atoms with Crippen LogP contribution in [0.3, 0.4) is 0 Å². The van der Waals surface area contributed by atoms with Crippen LogP contribution in [0.2, 0.25) is 0 Å². The number of amides is 2. The molecule has 31 heavy (non-hydrogen) atoms. The normalized spacial score (nSPS) is 10.4. The standard InChI is InChI=1S/C25H24N2O4/c28-22(16-19-10-4-1-5-11-19)26-17-23(29)27-18-24(30)31-25(20-12-6-2-7-13-20)21-14-8-3-9-15-21/h1-15,25H,16-18H2,(H,26,28)(H,27,29). The van der Waals surface area contributed by atoms with E-state index in [2.05, 4.69) is 10.6 Å². The quantitative estimate of drug-likeness (QED) is 0.526. The molecular weight excluding hydrogens is 392 g/mol. The number of carbonyl (C=O) groups excluding carboxylic acids is 3. The Kier molecular flexibility index (Phi) is 7.94. The molecule has 2 N–H and O–H groups in total. The zero-order chi connectivity index (χ0) is 21.9. The van der Waals surface area contributed by atoms with Crippen molar-refractivity contribution in [2.75, 3.05) is 13.1 Å². The lowest BCUT2D eigenvalue weighted by molar-refractivity contribution is -0.147. The highest BCUT2D eigenvalue weighted by molar-refractivity contribution is 5.87. The fourth-order valence-electron chi connectivity index (χ4n) is 3.01. The second kappa shape index (κ2) is 11.3. The van der Waals surface area contributed by atoms with Gasteiger partial charge in [0.2, 0.25) is 11.8 Å². The SMILES string of the molecule is O=C(CNC(=O)Cc1ccccc1)NCC(=O)OC(c1ccccc1)c1ccccc1. The van der Waals surface area contributed by atoms with Crippen LogP contribution < -0.4 is 10.6 Å². The average molecular weight is 416 g/mol. The molecule has 6 heteroatoms. The first-order valence-electron chi connectivity index (χ1n) is 9.98. The van der Waals surface area contributed by atoms with Gasteiger partial charge in [0.25, 0.3) is 0 Å². The van der Waals surface area contributed by atoms with Crippen LogP contribution >= 0.6 is 0 Å². The maximum atomic E-state index is 12.4. The predicted octanol–water partition coefficient (Wildman–Crippen LogP) is 2.79. The van der Waals surface area contributed by atoms with Crippen molar-refractivity contribution in [2.24, 2.45) is 0 Å². The van der Waals surface area contributed by atoms with Crippen molar-refractivity contribution in [3.8, 4) is 0 Å². The van der Waals surface area contributed by atoms with Crippen molar-refractivity contribution in [2.45, 2.75) is 12.5 Å². The first-order chi connectivity index (χ1) is 15.1. The van der Waals surface area contributed by atoms with Crippen molar-refractivity contribution < 1.29 is 19.1 Å². The lowest BCUT2D eigenvalue weighted by Gasteiger charge is -2.19. The summed E-state index contributed by atoms with van der Waals surface area (Å²) >= 11 is 0. The summed E-state index contributed by atoms with van der Waals surface area (Å²) in [6, 6.07) is 28.0. The molecule has 0 atom stereocenters. The third-order valence-corrected chi connectivity index (χ3v) is 4.54. The van der Waals surface area contributed by atoms with Gasteiger partial charge in [-0.3, -0.25) is 14.4 Å². The topological polar surface area (TPSA) is 84.5 Å². The summed E-state index contributed by atoms with van der Waals surface area (Å²) in [7, 11) is 0. The Balaban J connectivity index is 1.47. The number of hydrogen-bond donors (Lipinski definition) is 2. The van der Waals surface area contributed by atoms with Crippen LogP contribution in [-0.2, 0) is 25.5 Å². The largest absolute Gasteiger partial charge is 0.451 e. The highest BCUT2D eigenvalue weighted by Gasteiger charge is 2.19. The number of ether oxygens (including phenoxy) is 1. The van der Waals surface area contributed by atoms with E-state index in [-0.39, 0.29) is 25.4 Å². The van der Waals surface area contributed by atoms with Crippen molar-refractivity contribution in [1.29, 1.82) is 0 Å². The third kappa shape index (κ3) is 7.12. The van der Waals surface area contributed by atoms with E-state index in [0.717, 1.165) is 16.7 Å². The van der Waals surface area contributed by atoms with E-state index in [0.29, 0.717) is 0 Å². The van der Waals surface area contributed by atoms with Gasteiger partial charge in [0.1, 0.15) is 6.54 Å². The smallest absolute Gasteiger partial charge is 0.326 e. The van der Waals surface area contributed by atoms with Gasteiger partial charge in [0, 0.05) is 0 Å². The molecule has 0 spiro atoms. The van der Waals surface area contributed by atoms with Gasteiger partial charge in [-0.1, -0.05) is 91.0 Å². The van der Waals surface area contributed by atoms with E-state index in [1.165, 1.54) is 0 Å². The molecule has 0 radical (unpaired) electrons. The summed E-state index contributed by atoms with van der Waals surface area (Å²) in [5.41, 5.74) is 2.53. The van der Waals surface area contributed by atoms with Crippen molar-refractivity contribution in [1.82, 2.24) is 10.6 Å². The molecule has 0 aliphatic heterocycles. The Hall–Kier alpha value is -3.93. The van der Waals surface area contributed by atoms with Crippen molar-refractivity contribution in [3.05, 3.63) is 108 Å². The van der Waals surface area contributed by atoms with Gasteiger partial charge < -0.3 is 15.4 Å². The van der Waals surface area contributed by atoms with E-state index in [9.17, 15) is 14.4 Å². The van der Waals surface area contributed by atoms with Crippen LogP contribution in [0.1, 0.15) is 22.8 Å². The molecule has 3 aromatic carbocycles. The zero-order valence-electron chi connectivity index (χ0n) is 17.0. The minimum atomic E-state index is -0.572. The maximum absolute atomic E-state index is 12.4. The lowest BCUT2D eigenvalue weighted by Crippen LogP contribution is -2.40. The van der Waals surface area contributed by atoms with E-state index in [1.807, 2.05) is 91.0 Å². The van der Waals surface area contributed by atoms with Crippen LogP contribution in [0.5, 0.6) is 0 Å². The molecule has 0 aliphatic carbocycles. The van der Waals surface area contributed by atoms with Crippen molar-refractivity contribution >= 4 is 17.8 Å². The number of esters is 1. The fourth-order valence-corrected chi connectivity index (χ4v) is 3.01. The summed E-state index contributed by atoms with van der Waals surface area (Å²) in [6.45, 7) is -0.497. The number of nitrogens with one attached hydrogen (secondary N) is 2. The van der Waals surface area contributed by atoms with E-state index < -0.39 is 18.0 Å². The van der Waals surface area contributed by atoms with Crippen LogP contribution in [0.15, 0.2) is 91.0 Å². The Labute approximate surface area is 181 Å². The molecule has 0 saturated carbocycles. The number of carbonyl (C=O) groups is 3. The third-order valence-electron chi connectivity index (χ3n) is 4.54. The summed E-state index contributed by atoms with van der Waals surface area (Å²) in [6.07, 6.45) is -0.385. The van der Waals surface area contributed by atoms with E-state index in [4.69, 9.17) is 4.74 Å². The molecule has 0 saturated heterocycles. The van der Waals surface area contributed by atoms with Gasteiger partial charge in [-0.25, -0.2) is 0 Å². The molecule has 0 unspecified atom stereocenters. The maximum Gasteiger partial charge on any atom is 0.326 e. The second-order valence-electron chi connectivity index (χ2n) is 6.91. The van der Waals surface area contributed by atoms with Gasteiger partial charge in [-0.05, 0) is 16.7 Å².